The fourth-order valence-electron chi connectivity index (χ4n) is 3.32. The third kappa shape index (κ3) is 3.69. The van der Waals surface area contributed by atoms with Gasteiger partial charge < -0.3 is 10.2 Å². The number of nitrogens with one attached hydrogen (secondary N) is 1. The van der Waals surface area contributed by atoms with E-state index in [0.717, 1.165) is 12.1 Å². The van der Waals surface area contributed by atoms with Crippen molar-refractivity contribution in [2.45, 2.75) is 71.4 Å². The first kappa shape index (κ1) is 13.4. The highest BCUT2D eigenvalue weighted by molar-refractivity contribution is 4.90. The summed E-state index contributed by atoms with van der Waals surface area (Å²) in [6, 6.07) is 1.68. The normalized spacial score (nSPS) is 34.1. The van der Waals surface area contributed by atoms with Gasteiger partial charge in [-0.1, -0.05) is 20.8 Å². The lowest BCUT2D eigenvalue weighted by Crippen LogP contribution is -2.43. The second-order valence-electron chi connectivity index (χ2n) is 6.82. The van der Waals surface area contributed by atoms with Gasteiger partial charge in [0.1, 0.15) is 0 Å². The minimum absolute atomic E-state index is 0.592. The molecule has 1 heterocycles. The molecule has 1 saturated carbocycles. The van der Waals surface area contributed by atoms with E-state index < -0.39 is 0 Å². The molecule has 0 amide bonds. The van der Waals surface area contributed by atoms with E-state index in [2.05, 4.69) is 31.0 Å². The Morgan fingerprint density at radius 1 is 1.18 bits per heavy atom. The van der Waals surface area contributed by atoms with Crippen LogP contribution in [-0.2, 0) is 0 Å². The molecule has 0 aromatic rings. The van der Waals surface area contributed by atoms with E-state index >= 15 is 0 Å². The van der Waals surface area contributed by atoms with Gasteiger partial charge in [-0.05, 0) is 63.6 Å². The molecule has 2 rings (SSSR count). The predicted molar refractivity (Wildman–Crippen MR) is 74.3 cm³/mol. The van der Waals surface area contributed by atoms with Gasteiger partial charge in [0.25, 0.3) is 0 Å². The summed E-state index contributed by atoms with van der Waals surface area (Å²) in [6.45, 7) is 11.0. The summed E-state index contributed by atoms with van der Waals surface area (Å²) < 4.78 is 0. The highest BCUT2D eigenvalue weighted by Gasteiger charge is 2.33. The van der Waals surface area contributed by atoms with Crippen LogP contribution in [0.1, 0.15) is 59.3 Å². The maximum Gasteiger partial charge on any atom is 0.0111 e. The second kappa shape index (κ2) is 5.71. The van der Waals surface area contributed by atoms with Crippen LogP contribution in [0.5, 0.6) is 0 Å². The number of likely N-dealkylation sites (tertiary alicyclic amines) is 1. The molecular weight excluding hydrogens is 208 g/mol. The van der Waals surface area contributed by atoms with Gasteiger partial charge in [0.05, 0.1) is 0 Å². The van der Waals surface area contributed by atoms with E-state index in [1.54, 1.807) is 0 Å². The predicted octanol–water partition coefficient (Wildman–Crippen LogP) is 3.03. The van der Waals surface area contributed by atoms with Crippen LogP contribution >= 0.6 is 0 Å². The monoisotopic (exact) mass is 238 g/mol. The molecule has 0 bridgehead atoms. The first-order chi connectivity index (χ1) is 8.11. The Morgan fingerprint density at radius 3 is 2.53 bits per heavy atom. The maximum atomic E-state index is 3.69. The first-order valence-corrected chi connectivity index (χ1v) is 7.58. The summed E-state index contributed by atoms with van der Waals surface area (Å²) in [5, 5.41) is 3.69. The van der Waals surface area contributed by atoms with Crippen molar-refractivity contribution in [2.24, 2.45) is 5.41 Å². The molecule has 2 heteroatoms. The van der Waals surface area contributed by atoms with Crippen molar-refractivity contribution < 1.29 is 0 Å². The van der Waals surface area contributed by atoms with Crippen LogP contribution in [-0.4, -0.2) is 36.6 Å². The van der Waals surface area contributed by atoms with E-state index in [-0.39, 0.29) is 0 Å². The van der Waals surface area contributed by atoms with E-state index in [9.17, 15) is 0 Å². The smallest absolute Gasteiger partial charge is 0.0111 e. The van der Waals surface area contributed by atoms with E-state index in [1.807, 2.05) is 0 Å². The van der Waals surface area contributed by atoms with Crippen LogP contribution in [0, 0.1) is 5.41 Å². The summed E-state index contributed by atoms with van der Waals surface area (Å²) in [7, 11) is 0. The summed E-state index contributed by atoms with van der Waals surface area (Å²) >= 11 is 0. The highest BCUT2D eigenvalue weighted by atomic mass is 15.2. The minimum atomic E-state index is 0.592. The van der Waals surface area contributed by atoms with Crippen LogP contribution in [0.3, 0.4) is 0 Å². The molecule has 1 saturated heterocycles. The van der Waals surface area contributed by atoms with Crippen molar-refractivity contribution in [1.82, 2.24) is 10.2 Å². The molecule has 1 aliphatic heterocycles. The summed E-state index contributed by atoms with van der Waals surface area (Å²) in [6.07, 6.45) is 8.24. The Labute approximate surface area is 107 Å². The Bertz CT molecular complexity index is 227. The summed E-state index contributed by atoms with van der Waals surface area (Å²) in [4.78, 5) is 2.76. The topological polar surface area (TPSA) is 15.3 Å². The molecule has 1 N–H and O–H groups in total. The van der Waals surface area contributed by atoms with Crippen molar-refractivity contribution in [2.75, 3.05) is 19.6 Å². The van der Waals surface area contributed by atoms with E-state index in [1.165, 1.54) is 58.2 Å². The fourth-order valence-corrected chi connectivity index (χ4v) is 3.32. The molecule has 1 aliphatic carbocycles. The van der Waals surface area contributed by atoms with E-state index in [4.69, 9.17) is 0 Å². The molecule has 2 unspecified atom stereocenters. The average Bonchev–Trinajstić information content (AvgIpc) is 2.75. The van der Waals surface area contributed by atoms with E-state index in [0.29, 0.717) is 5.41 Å². The standard InChI is InChI=1S/C15H30N2/c1-4-9-16-13-5-6-14(12-13)17-10-7-15(2,3)8-11-17/h13-14,16H,4-12H2,1-3H3. The lowest BCUT2D eigenvalue weighted by atomic mass is 9.82. The molecule has 2 aliphatic rings. The quantitative estimate of drug-likeness (QED) is 0.810. The largest absolute Gasteiger partial charge is 0.314 e. The average molecular weight is 238 g/mol. The number of rotatable bonds is 4. The Hall–Kier alpha value is -0.0800. The van der Waals surface area contributed by atoms with Gasteiger partial charge in [-0.3, -0.25) is 0 Å². The van der Waals surface area contributed by atoms with Gasteiger partial charge in [-0.15, -0.1) is 0 Å². The van der Waals surface area contributed by atoms with Crippen LogP contribution in [0.4, 0.5) is 0 Å². The number of nitrogens with zero attached hydrogens (tertiary/aromatic N) is 1. The zero-order chi connectivity index (χ0) is 12.3. The van der Waals surface area contributed by atoms with Crippen molar-refractivity contribution in [3.05, 3.63) is 0 Å². The minimum Gasteiger partial charge on any atom is -0.314 e. The van der Waals surface area contributed by atoms with Crippen LogP contribution in [0.15, 0.2) is 0 Å². The Balaban J connectivity index is 1.74. The van der Waals surface area contributed by atoms with Crippen molar-refractivity contribution >= 4 is 0 Å². The molecule has 2 nitrogen and oxygen atoms in total. The van der Waals surface area contributed by atoms with Crippen molar-refractivity contribution in [1.29, 1.82) is 0 Å². The molecule has 2 atom stereocenters. The molecule has 2 fully saturated rings. The fraction of sp³-hybridized carbons (Fsp3) is 1.00. The number of hydrogen-bond acceptors (Lipinski definition) is 2. The van der Waals surface area contributed by atoms with Crippen molar-refractivity contribution in [3.63, 3.8) is 0 Å². The maximum absolute atomic E-state index is 3.69. The second-order valence-corrected chi connectivity index (χ2v) is 6.82. The third-order valence-electron chi connectivity index (χ3n) is 4.76. The van der Waals surface area contributed by atoms with Gasteiger partial charge >= 0.3 is 0 Å². The molecule has 0 spiro atoms. The molecule has 0 radical (unpaired) electrons. The van der Waals surface area contributed by atoms with Crippen LogP contribution < -0.4 is 5.32 Å². The summed E-state index contributed by atoms with van der Waals surface area (Å²) in [5.41, 5.74) is 0.592. The molecule has 0 aromatic heterocycles. The zero-order valence-electron chi connectivity index (χ0n) is 12.0. The molecule has 17 heavy (non-hydrogen) atoms. The zero-order valence-corrected chi connectivity index (χ0v) is 12.0. The van der Waals surface area contributed by atoms with Gasteiger partial charge in [-0.25, -0.2) is 0 Å². The highest BCUT2D eigenvalue weighted by Crippen LogP contribution is 2.33. The summed E-state index contributed by atoms with van der Waals surface area (Å²) in [5.74, 6) is 0. The van der Waals surface area contributed by atoms with Gasteiger partial charge in [0, 0.05) is 12.1 Å². The van der Waals surface area contributed by atoms with Gasteiger partial charge in [0.15, 0.2) is 0 Å². The van der Waals surface area contributed by atoms with Gasteiger partial charge in [-0.2, -0.15) is 0 Å². The molecule has 100 valence electrons. The van der Waals surface area contributed by atoms with Crippen LogP contribution in [0.25, 0.3) is 0 Å². The first-order valence-electron chi connectivity index (χ1n) is 7.58. The molecular formula is C15H30N2. The van der Waals surface area contributed by atoms with Crippen molar-refractivity contribution in [3.8, 4) is 0 Å². The van der Waals surface area contributed by atoms with Crippen LogP contribution in [0.2, 0.25) is 0 Å². The Kier molecular flexibility index (Phi) is 4.48. The number of piperidine rings is 1. The SMILES string of the molecule is CCCNC1CCC(N2CCC(C)(C)CC2)C1. The lowest BCUT2D eigenvalue weighted by Gasteiger charge is -2.40. The third-order valence-corrected chi connectivity index (χ3v) is 4.76. The number of hydrogen-bond donors (Lipinski definition) is 1. The lowest BCUT2D eigenvalue weighted by molar-refractivity contribution is 0.0949. The molecule has 0 aromatic carbocycles. The van der Waals surface area contributed by atoms with Gasteiger partial charge in [0.2, 0.25) is 0 Å². The Morgan fingerprint density at radius 2 is 1.88 bits per heavy atom.